The van der Waals surface area contributed by atoms with Crippen molar-refractivity contribution in [1.29, 1.82) is 0 Å². The fourth-order valence-corrected chi connectivity index (χ4v) is 3.59. The number of piperidine rings is 1. The van der Waals surface area contributed by atoms with Crippen LogP contribution in [0.5, 0.6) is 11.5 Å². The van der Waals surface area contributed by atoms with Crippen molar-refractivity contribution in [2.24, 2.45) is 5.92 Å². The average Bonchev–Trinajstić information content (AvgIpc) is 3.09. The number of hydrogen-bond donors (Lipinski definition) is 0. The molecule has 3 atom stereocenters. The molecule has 4 rings (SSSR count). The number of carbonyl (C=O) groups excluding carboxylic acids is 1. The predicted octanol–water partition coefficient (Wildman–Crippen LogP) is 2.05. The summed E-state index contributed by atoms with van der Waals surface area (Å²) in [6, 6.07) is 5.41. The third-order valence-corrected chi connectivity index (χ3v) is 4.61. The van der Waals surface area contributed by atoms with Gasteiger partial charge in [-0.3, -0.25) is 4.79 Å². The van der Waals surface area contributed by atoms with Crippen molar-refractivity contribution in [3.8, 4) is 11.5 Å². The first-order valence-corrected chi connectivity index (χ1v) is 7.55. The molecule has 1 aromatic rings. The van der Waals surface area contributed by atoms with Crippen molar-refractivity contribution in [1.82, 2.24) is 4.90 Å². The summed E-state index contributed by atoms with van der Waals surface area (Å²) in [5, 5.41) is 0. The molecule has 3 aliphatic heterocycles. The van der Waals surface area contributed by atoms with Gasteiger partial charge in [0.25, 0.3) is 5.91 Å². The van der Waals surface area contributed by atoms with Gasteiger partial charge in [0.1, 0.15) is 0 Å². The van der Waals surface area contributed by atoms with Gasteiger partial charge in [0.2, 0.25) is 6.79 Å². The first kappa shape index (κ1) is 13.0. The van der Waals surface area contributed by atoms with Crippen LogP contribution in [0.15, 0.2) is 18.2 Å². The van der Waals surface area contributed by atoms with Crippen molar-refractivity contribution in [3.05, 3.63) is 23.8 Å². The minimum atomic E-state index is 0.0753. The number of ether oxygens (including phenoxy) is 3. The van der Waals surface area contributed by atoms with Gasteiger partial charge in [-0.2, -0.15) is 0 Å². The molecule has 112 valence electrons. The highest BCUT2D eigenvalue weighted by atomic mass is 16.7. The Hall–Kier alpha value is -1.75. The molecule has 3 aliphatic rings. The van der Waals surface area contributed by atoms with Crippen LogP contribution in [0.25, 0.3) is 0 Å². The Labute approximate surface area is 123 Å². The van der Waals surface area contributed by atoms with E-state index in [2.05, 4.69) is 6.92 Å². The first-order valence-electron chi connectivity index (χ1n) is 7.55. The molecule has 2 fully saturated rings. The third-order valence-electron chi connectivity index (χ3n) is 4.61. The van der Waals surface area contributed by atoms with Crippen LogP contribution in [0.4, 0.5) is 0 Å². The van der Waals surface area contributed by atoms with Crippen LogP contribution < -0.4 is 9.47 Å². The first-order chi connectivity index (χ1) is 10.2. The van der Waals surface area contributed by atoms with Gasteiger partial charge in [-0.15, -0.1) is 0 Å². The zero-order valence-corrected chi connectivity index (χ0v) is 12.1. The minimum absolute atomic E-state index is 0.0753. The van der Waals surface area contributed by atoms with Crippen molar-refractivity contribution < 1.29 is 19.0 Å². The summed E-state index contributed by atoms with van der Waals surface area (Å²) in [5.41, 5.74) is 0.671. The summed E-state index contributed by atoms with van der Waals surface area (Å²) < 4.78 is 16.5. The van der Waals surface area contributed by atoms with E-state index in [1.54, 1.807) is 6.07 Å². The molecule has 5 nitrogen and oxygen atoms in total. The van der Waals surface area contributed by atoms with Gasteiger partial charge in [0.15, 0.2) is 11.5 Å². The van der Waals surface area contributed by atoms with Gasteiger partial charge in [-0.1, -0.05) is 0 Å². The van der Waals surface area contributed by atoms with Crippen LogP contribution >= 0.6 is 0 Å². The summed E-state index contributed by atoms with van der Waals surface area (Å²) in [6.07, 6.45) is 2.64. The lowest BCUT2D eigenvalue weighted by Crippen LogP contribution is -2.44. The Morgan fingerprint density at radius 2 is 2.14 bits per heavy atom. The van der Waals surface area contributed by atoms with Crippen molar-refractivity contribution in [2.45, 2.75) is 32.0 Å². The highest BCUT2D eigenvalue weighted by Gasteiger charge is 2.38. The van der Waals surface area contributed by atoms with Gasteiger partial charge in [-0.05, 0) is 38.0 Å². The monoisotopic (exact) mass is 289 g/mol. The lowest BCUT2D eigenvalue weighted by molar-refractivity contribution is 0.00864. The molecule has 3 heterocycles. The highest BCUT2D eigenvalue weighted by molar-refractivity contribution is 5.95. The van der Waals surface area contributed by atoms with E-state index in [1.165, 1.54) is 0 Å². The molecular formula is C16H19NO4. The Bertz CT molecular complexity index is 573. The second kappa shape index (κ2) is 4.91. The molecule has 0 bridgehead atoms. The fourth-order valence-electron chi connectivity index (χ4n) is 3.59. The molecule has 0 unspecified atom stereocenters. The number of amides is 1. The maximum absolute atomic E-state index is 12.7. The van der Waals surface area contributed by atoms with Crippen LogP contribution in [0, 0.1) is 5.92 Å². The summed E-state index contributed by atoms with van der Waals surface area (Å²) in [4.78, 5) is 14.6. The maximum Gasteiger partial charge on any atom is 0.254 e. The Balaban J connectivity index is 1.50. The lowest BCUT2D eigenvalue weighted by atomic mass is 9.92. The molecule has 21 heavy (non-hydrogen) atoms. The van der Waals surface area contributed by atoms with Gasteiger partial charge in [0, 0.05) is 24.6 Å². The number of carbonyl (C=O) groups is 1. The molecule has 2 saturated heterocycles. The summed E-state index contributed by atoms with van der Waals surface area (Å²) >= 11 is 0. The molecular weight excluding hydrogens is 270 g/mol. The predicted molar refractivity (Wildman–Crippen MR) is 75.5 cm³/mol. The summed E-state index contributed by atoms with van der Waals surface area (Å²) in [5.74, 6) is 1.93. The standard InChI is InChI=1S/C16H19NO4/c1-10-6-12-8-17(5-4-13(12)21-10)16(18)11-2-3-14-15(7-11)20-9-19-14/h2-3,7,10,12-13H,4-6,8-9H2,1H3/t10-,12-,13+/m0/s1. The van der Waals surface area contributed by atoms with Crippen LogP contribution in [-0.2, 0) is 4.74 Å². The molecule has 0 spiro atoms. The smallest absolute Gasteiger partial charge is 0.254 e. The third kappa shape index (κ3) is 2.25. The molecule has 5 heteroatoms. The molecule has 1 amide bonds. The van der Waals surface area contributed by atoms with Crippen molar-refractivity contribution >= 4 is 5.91 Å². The van der Waals surface area contributed by atoms with Crippen LogP contribution in [0.1, 0.15) is 30.1 Å². The van der Waals surface area contributed by atoms with Crippen LogP contribution in [0.2, 0.25) is 0 Å². The number of benzene rings is 1. The molecule has 1 aromatic carbocycles. The van der Waals surface area contributed by atoms with Crippen molar-refractivity contribution in [3.63, 3.8) is 0 Å². The number of hydrogen-bond acceptors (Lipinski definition) is 4. The topological polar surface area (TPSA) is 48.0 Å². The molecule has 0 aromatic heterocycles. The van der Waals surface area contributed by atoms with E-state index >= 15 is 0 Å². The fraction of sp³-hybridized carbons (Fsp3) is 0.562. The van der Waals surface area contributed by atoms with E-state index < -0.39 is 0 Å². The van der Waals surface area contributed by atoms with E-state index in [9.17, 15) is 4.79 Å². The Morgan fingerprint density at radius 3 is 3.05 bits per heavy atom. The molecule has 0 N–H and O–H groups in total. The minimum Gasteiger partial charge on any atom is -0.454 e. The maximum atomic E-state index is 12.7. The van der Waals surface area contributed by atoms with Crippen LogP contribution in [0.3, 0.4) is 0 Å². The quantitative estimate of drug-likeness (QED) is 0.794. The number of nitrogens with zero attached hydrogens (tertiary/aromatic N) is 1. The average molecular weight is 289 g/mol. The van der Waals surface area contributed by atoms with Gasteiger partial charge >= 0.3 is 0 Å². The Morgan fingerprint density at radius 1 is 1.29 bits per heavy atom. The summed E-state index contributed by atoms with van der Waals surface area (Å²) in [6.45, 7) is 3.90. The molecule has 0 aliphatic carbocycles. The SMILES string of the molecule is C[C@H]1C[C@H]2CN(C(=O)c3ccc4c(c3)OCO4)CC[C@H]2O1. The zero-order chi connectivity index (χ0) is 14.4. The largest absolute Gasteiger partial charge is 0.454 e. The van der Waals surface area contributed by atoms with Crippen molar-refractivity contribution in [2.75, 3.05) is 19.9 Å². The van der Waals surface area contributed by atoms with E-state index in [-0.39, 0.29) is 12.7 Å². The number of fused-ring (bicyclic) bond motifs is 2. The second-order valence-corrected chi connectivity index (χ2v) is 6.09. The van der Waals surface area contributed by atoms with E-state index in [4.69, 9.17) is 14.2 Å². The van der Waals surface area contributed by atoms with Gasteiger partial charge in [-0.25, -0.2) is 0 Å². The Kier molecular flexibility index (Phi) is 3.03. The van der Waals surface area contributed by atoms with Gasteiger partial charge < -0.3 is 19.1 Å². The highest BCUT2D eigenvalue weighted by Crippen LogP contribution is 2.35. The van der Waals surface area contributed by atoms with E-state index in [1.807, 2.05) is 17.0 Å². The normalized spacial score (nSPS) is 30.3. The second-order valence-electron chi connectivity index (χ2n) is 6.09. The summed E-state index contributed by atoms with van der Waals surface area (Å²) in [7, 11) is 0. The number of likely N-dealkylation sites (tertiary alicyclic amines) is 1. The van der Waals surface area contributed by atoms with E-state index in [0.29, 0.717) is 35.2 Å². The lowest BCUT2D eigenvalue weighted by Gasteiger charge is -2.34. The van der Waals surface area contributed by atoms with E-state index in [0.717, 1.165) is 25.9 Å². The zero-order valence-electron chi connectivity index (χ0n) is 12.1. The number of rotatable bonds is 1. The molecule has 0 radical (unpaired) electrons. The molecule has 0 saturated carbocycles. The van der Waals surface area contributed by atoms with Gasteiger partial charge in [0.05, 0.1) is 12.2 Å². The van der Waals surface area contributed by atoms with Crippen LogP contribution in [-0.4, -0.2) is 42.9 Å².